The number of hydrogen-bond donors (Lipinski definition) is 1. The maximum absolute atomic E-state index is 13.6. The molecule has 1 amide bonds. The number of halogens is 1. The van der Waals surface area contributed by atoms with Gasteiger partial charge in [0.1, 0.15) is 0 Å². The van der Waals surface area contributed by atoms with Crippen molar-refractivity contribution < 1.29 is 13.9 Å². The highest BCUT2D eigenvalue weighted by Gasteiger charge is 2.21. The molecule has 1 aliphatic rings. The summed E-state index contributed by atoms with van der Waals surface area (Å²) in [5.74, 6) is 0.0114. The van der Waals surface area contributed by atoms with Crippen molar-refractivity contribution in [3.63, 3.8) is 0 Å². The number of benzene rings is 1. The minimum atomic E-state index is -0.378. The highest BCUT2D eigenvalue weighted by atomic mass is 19.1. The van der Waals surface area contributed by atoms with Gasteiger partial charge in [0.15, 0.2) is 11.6 Å². The summed E-state index contributed by atoms with van der Waals surface area (Å²) < 4.78 is 18.5. The van der Waals surface area contributed by atoms with Crippen molar-refractivity contribution >= 4 is 5.91 Å². The van der Waals surface area contributed by atoms with E-state index >= 15 is 0 Å². The summed E-state index contributed by atoms with van der Waals surface area (Å²) in [6.07, 6.45) is 2.99. The molecule has 1 aromatic carbocycles. The van der Waals surface area contributed by atoms with Crippen molar-refractivity contribution in [3.05, 3.63) is 29.6 Å². The molecule has 0 radical (unpaired) electrons. The number of ether oxygens (including phenoxy) is 1. The molecule has 5 heteroatoms. The summed E-state index contributed by atoms with van der Waals surface area (Å²) >= 11 is 0. The molecule has 1 heterocycles. The lowest BCUT2D eigenvalue weighted by Crippen LogP contribution is -2.44. The van der Waals surface area contributed by atoms with E-state index in [-0.39, 0.29) is 17.5 Å². The second kappa shape index (κ2) is 7.41. The van der Waals surface area contributed by atoms with Crippen LogP contribution in [0.2, 0.25) is 0 Å². The lowest BCUT2D eigenvalue weighted by Gasteiger charge is -2.31. The molecular formula is C16H23FN2O2. The average molecular weight is 294 g/mol. The number of carbonyl (C=O) groups excluding carboxylic acids is 1. The van der Waals surface area contributed by atoms with Crippen LogP contribution in [0.25, 0.3) is 0 Å². The van der Waals surface area contributed by atoms with E-state index in [1.54, 1.807) is 6.07 Å². The molecule has 0 spiro atoms. The minimum Gasteiger partial charge on any atom is -0.494 e. The van der Waals surface area contributed by atoms with Crippen molar-refractivity contribution in [1.82, 2.24) is 10.2 Å². The number of nitrogens with one attached hydrogen (secondary N) is 1. The first-order valence-corrected chi connectivity index (χ1v) is 7.41. The van der Waals surface area contributed by atoms with Gasteiger partial charge in [0.25, 0.3) is 0 Å². The number of methoxy groups -OCH3 is 1. The quantitative estimate of drug-likeness (QED) is 0.903. The molecule has 4 nitrogen and oxygen atoms in total. The third-order valence-corrected chi connectivity index (χ3v) is 4.10. The summed E-state index contributed by atoms with van der Waals surface area (Å²) in [6.45, 7) is 1.61. The smallest absolute Gasteiger partial charge is 0.222 e. The molecule has 2 rings (SSSR count). The zero-order chi connectivity index (χ0) is 15.2. The Labute approximate surface area is 125 Å². The van der Waals surface area contributed by atoms with Crippen LogP contribution in [0.1, 0.15) is 24.8 Å². The van der Waals surface area contributed by atoms with Crippen LogP contribution in [0.5, 0.6) is 5.75 Å². The number of carbonyl (C=O) groups is 1. The van der Waals surface area contributed by atoms with Crippen LogP contribution >= 0.6 is 0 Å². The van der Waals surface area contributed by atoms with E-state index < -0.39 is 0 Å². The van der Waals surface area contributed by atoms with Crippen LogP contribution < -0.4 is 10.1 Å². The minimum absolute atomic E-state index is 0.153. The van der Waals surface area contributed by atoms with Crippen molar-refractivity contribution in [2.75, 3.05) is 27.2 Å². The summed E-state index contributed by atoms with van der Waals surface area (Å²) in [5, 5.41) is 3.25. The third-order valence-electron chi connectivity index (χ3n) is 4.10. The van der Waals surface area contributed by atoms with E-state index in [1.807, 2.05) is 18.0 Å². The first-order valence-electron chi connectivity index (χ1n) is 7.41. The normalized spacial score (nSPS) is 16.0. The monoisotopic (exact) mass is 294 g/mol. The second-order valence-corrected chi connectivity index (χ2v) is 5.41. The fourth-order valence-corrected chi connectivity index (χ4v) is 2.69. The lowest BCUT2D eigenvalue weighted by atomic mass is 10.0. The van der Waals surface area contributed by atoms with Crippen molar-refractivity contribution in [1.29, 1.82) is 0 Å². The summed E-state index contributed by atoms with van der Waals surface area (Å²) in [7, 11) is 3.40. The average Bonchev–Trinajstić information content (AvgIpc) is 2.52. The highest BCUT2D eigenvalue weighted by molar-refractivity contribution is 5.76. The molecule has 116 valence electrons. The Balaban J connectivity index is 1.83. The van der Waals surface area contributed by atoms with Crippen LogP contribution in [-0.2, 0) is 11.2 Å². The molecular weight excluding hydrogens is 271 g/mol. The maximum atomic E-state index is 13.6. The topological polar surface area (TPSA) is 41.6 Å². The number of hydrogen-bond acceptors (Lipinski definition) is 3. The van der Waals surface area contributed by atoms with E-state index in [9.17, 15) is 9.18 Å². The van der Waals surface area contributed by atoms with Gasteiger partial charge in [0.05, 0.1) is 7.11 Å². The predicted octanol–water partition coefficient (Wildman–Crippen LogP) is 1.98. The molecule has 0 saturated carbocycles. The summed E-state index contributed by atoms with van der Waals surface area (Å²) in [4.78, 5) is 14.1. The number of piperidine rings is 1. The maximum Gasteiger partial charge on any atom is 0.222 e. The fraction of sp³-hybridized carbons (Fsp3) is 0.562. The van der Waals surface area contributed by atoms with Gasteiger partial charge in [-0.2, -0.15) is 0 Å². The molecule has 0 aliphatic carbocycles. The third kappa shape index (κ3) is 4.17. The second-order valence-electron chi connectivity index (χ2n) is 5.41. The Morgan fingerprint density at radius 1 is 1.43 bits per heavy atom. The zero-order valence-corrected chi connectivity index (χ0v) is 12.7. The van der Waals surface area contributed by atoms with E-state index in [2.05, 4.69) is 5.32 Å². The van der Waals surface area contributed by atoms with E-state index in [0.29, 0.717) is 18.9 Å². The predicted molar refractivity (Wildman–Crippen MR) is 79.9 cm³/mol. The standard InChI is InChI=1S/C16H23FN2O2/c1-18-13-7-9-19(10-8-13)16(20)6-4-12-3-5-15(21-2)14(17)11-12/h3,5,11,13,18H,4,6-10H2,1-2H3. The van der Waals surface area contributed by atoms with E-state index in [1.165, 1.54) is 13.2 Å². The van der Waals surface area contributed by atoms with Gasteiger partial charge in [-0.1, -0.05) is 6.07 Å². The number of nitrogens with zero attached hydrogens (tertiary/aromatic N) is 1. The molecule has 0 aromatic heterocycles. The number of likely N-dealkylation sites (tertiary alicyclic amines) is 1. The Kier molecular flexibility index (Phi) is 5.56. The van der Waals surface area contributed by atoms with Gasteiger partial charge < -0.3 is 15.0 Å². The highest BCUT2D eigenvalue weighted by Crippen LogP contribution is 2.19. The number of rotatable bonds is 5. The lowest BCUT2D eigenvalue weighted by molar-refractivity contribution is -0.132. The molecule has 0 atom stereocenters. The SMILES string of the molecule is CNC1CCN(C(=O)CCc2ccc(OC)c(F)c2)CC1. The van der Waals surface area contributed by atoms with Crippen LogP contribution in [0.15, 0.2) is 18.2 Å². The first-order chi connectivity index (χ1) is 10.1. The van der Waals surface area contributed by atoms with Crippen LogP contribution in [0, 0.1) is 5.82 Å². The van der Waals surface area contributed by atoms with Crippen molar-refractivity contribution in [2.45, 2.75) is 31.7 Å². The van der Waals surface area contributed by atoms with E-state index in [4.69, 9.17) is 4.74 Å². The number of aryl methyl sites for hydroxylation is 1. The van der Waals surface area contributed by atoms with Crippen LogP contribution in [0.4, 0.5) is 4.39 Å². The molecule has 0 bridgehead atoms. The molecule has 1 fully saturated rings. The largest absolute Gasteiger partial charge is 0.494 e. The van der Waals surface area contributed by atoms with Gasteiger partial charge in [-0.05, 0) is 44.0 Å². The van der Waals surface area contributed by atoms with Crippen LogP contribution in [0.3, 0.4) is 0 Å². The Hall–Kier alpha value is -1.62. The Morgan fingerprint density at radius 3 is 2.71 bits per heavy atom. The van der Waals surface area contributed by atoms with Crippen LogP contribution in [-0.4, -0.2) is 44.1 Å². The fourth-order valence-electron chi connectivity index (χ4n) is 2.69. The summed E-state index contributed by atoms with van der Waals surface area (Å²) in [6, 6.07) is 5.37. The van der Waals surface area contributed by atoms with Crippen molar-refractivity contribution in [3.8, 4) is 5.75 Å². The van der Waals surface area contributed by atoms with Gasteiger partial charge in [0.2, 0.25) is 5.91 Å². The van der Waals surface area contributed by atoms with Gasteiger partial charge in [-0.15, -0.1) is 0 Å². The van der Waals surface area contributed by atoms with Gasteiger partial charge in [-0.25, -0.2) is 4.39 Å². The molecule has 1 saturated heterocycles. The Morgan fingerprint density at radius 2 is 2.14 bits per heavy atom. The van der Waals surface area contributed by atoms with Crippen molar-refractivity contribution in [2.24, 2.45) is 0 Å². The Bertz CT molecular complexity index is 485. The van der Waals surface area contributed by atoms with Gasteiger partial charge in [-0.3, -0.25) is 4.79 Å². The number of amides is 1. The molecule has 1 N–H and O–H groups in total. The first kappa shape index (κ1) is 15.8. The van der Waals surface area contributed by atoms with E-state index in [0.717, 1.165) is 31.5 Å². The molecule has 1 aromatic rings. The summed E-state index contributed by atoms with van der Waals surface area (Å²) in [5.41, 5.74) is 0.826. The van der Waals surface area contributed by atoms with Gasteiger partial charge in [0, 0.05) is 25.6 Å². The molecule has 0 unspecified atom stereocenters. The molecule has 21 heavy (non-hydrogen) atoms. The molecule has 1 aliphatic heterocycles. The van der Waals surface area contributed by atoms with Gasteiger partial charge >= 0.3 is 0 Å². The zero-order valence-electron chi connectivity index (χ0n) is 12.7.